The summed E-state index contributed by atoms with van der Waals surface area (Å²) in [7, 11) is 0. The summed E-state index contributed by atoms with van der Waals surface area (Å²) >= 11 is 0. The molecule has 1 aliphatic carbocycles. The number of aliphatic hydroxyl groups excluding tert-OH is 1. The van der Waals surface area contributed by atoms with Crippen molar-refractivity contribution in [2.45, 2.75) is 58.0 Å². The first-order valence-corrected chi connectivity index (χ1v) is 5.44. The zero-order valence-electron chi connectivity index (χ0n) is 8.46. The van der Waals surface area contributed by atoms with Gasteiger partial charge in [0, 0.05) is 12.3 Å². The van der Waals surface area contributed by atoms with Gasteiger partial charge in [0.05, 0.1) is 6.10 Å². The van der Waals surface area contributed by atoms with Crippen LogP contribution in [0.25, 0.3) is 0 Å². The number of aliphatic hydroxyl groups is 1. The largest absolute Gasteiger partial charge is 0.393 e. The van der Waals surface area contributed by atoms with Crippen LogP contribution in [0.2, 0.25) is 0 Å². The molecule has 1 rings (SSSR count). The van der Waals surface area contributed by atoms with Gasteiger partial charge in [0.15, 0.2) is 0 Å². The third kappa shape index (κ3) is 3.47. The number of hydrogen-bond donors (Lipinski definition) is 1. The van der Waals surface area contributed by atoms with Crippen molar-refractivity contribution in [3.05, 3.63) is 0 Å². The quantitative estimate of drug-likeness (QED) is 0.711. The molecule has 2 nitrogen and oxygen atoms in total. The number of ketones is 1. The highest BCUT2D eigenvalue weighted by Gasteiger charge is 2.22. The van der Waals surface area contributed by atoms with E-state index in [1.165, 1.54) is 12.8 Å². The van der Waals surface area contributed by atoms with Crippen LogP contribution in [-0.2, 0) is 4.79 Å². The summed E-state index contributed by atoms with van der Waals surface area (Å²) in [5, 5.41) is 9.30. The molecule has 0 aromatic heterocycles. The number of carbonyl (C=O) groups excluding carboxylic acids is 1. The lowest BCUT2D eigenvalue weighted by molar-refractivity contribution is -0.123. The number of carbonyl (C=O) groups is 1. The lowest BCUT2D eigenvalue weighted by Crippen LogP contribution is -2.14. The fourth-order valence-electron chi connectivity index (χ4n) is 1.96. The highest BCUT2D eigenvalue weighted by atomic mass is 16.3. The van der Waals surface area contributed by atoms with Gasteiger partial charge in [-0.1, -0.05) is 19.8 Å². The summed E-state index contributed by atoms with van der Waals surface area (Å²) in [6, 6.07) is 0. The van der Waals surface area contributed by atoms with Crippen molar-refractivity contribution in [3.8, 4) is 0 Å². The Morgan fingerprint density at radius 2 is 2.08 bits per heavy atom. The van der Waals surface area contributed by atoms with Crippen LogP contribution in [0.1, 0.15) is 51.9 Å². The molecule has 13 heavy (non-hydrogen) atoms. The van der Waals surface area contributed by atoms with E-state index in [-0.39, 0.29) is 6.10 Å². The van der Waals surface area contributed by atoms with Crippen LogP contribution in [0.4, 0.5) is 0 Å². The number of Topliss-reactive ketones (excluding diaryl/α,β-unsaturated/α-hetero) is 1. The minimum absolute atomic E-state index is 0.273. The summed E-state index contributed by atoms with van der Waals surface area (Å²) in [4.78, 5) is 11.6. The highest BCUT2D eigenvalue weighted by molar-refractivity contribution is 5.81. The van der Waals surface area contributed by atoms with Crippen LogP contribution in [0, 0.1) is 5.92 Å². The molecule has 2 heteroatoms. The monoisotopic (exact) mass is 184 g/mol. The van der Waals surface area contributed by atoms with Crippen molar-refractivity contribution in [3.63, 3.8) is 0 Å². The van der Waals surface area contributed by atoms with Gasteiger partial charge in [-0.3, -0.25) is 4.79 Å². The summed E-state index contributed by atoms with van der Waals surface area (Å²) in [5.74, 6) is 0.703. The third-order valence-corrected chi connectivity index (χ3v) is 3.01. The molecule has 0 aromatic carbocycles. The van der Waals surface area contributed by atoms with Crippen LogP contribution in [-0.4, -0.2) is 17.0 Å². The van der Waals surface area contributed by atoms with Crippen molar-refractivity contribution in [1.29, 1.82) is 0 Å². The van der Waals surface area contributed by atoms with E-state index in [2.05, 4.69) is 0 Å². The Hall–Kier alpha value is -0.370. The van der Waals surface area contributed by atoms with Crippen molar-refractivity contribution < 1.29 is 9.90 Å². The molecule has 1 aliphatic rings. The number of hydrogen-bond acceptors (Lipinski definition) is 2. The average molecular weight is 184 g/mol. The van der Waals surface area contributed by atoms with E-state index in [1.54, 1.807) is 0 Å². The van der Waals surface area contributed by atoms with Crippen LogP contribution < -0.4 is 0 Å². The van der Waals surface area contributed by atoms with Gasteiger partial charge >= 0.3 is 0 Å². The Kier molecular flexibility index (Phi) is 4.43. The molecule has 0 aromatic rings. The Morgan fingerprint density at radius 1 is 1.46 bits per heavy atom. The first-order valence-electron chi connectivity index (χ1n) is 5.44. The first-order chi connectivity index (χ1) is 6.24. The van der Waals surface area contributed by atoms with Gasteiger partial charge < -0.3 is 5.11 Å². The molecule has 0 saturated heterocycles. The summed E-state index contributed by atoms with van der Waals surface area (Å²) < 4.78 is 0. The Labute approximate surface area is 80.3 Å². The van der Waals surface area contributed by atoms with E-state index >= 15 is 0 Å². The fraction of sp³-hybridized carbons (Fsp3) is 0.909. The second-order valence-electron chi connectivity index (χ2n) is 4.05. The predicted octanol–water partition coefficient (Wildman–Crippen LogP) is 2.30. The summed E-state index contributed by atoms with van der Waals surface area (Å²) in [6.07, 6.45) is 6.33. The van der Waals surface area contributed by atoms with Gasteiger partial charge in [0.2, 0.25) is 0 Å². The van der Waals surface area contributed by atoms with Gasteiger partial charge in [-0.25, -0.2) is 0 Å². The van der Waals surface area contributed by atoms with Crippen LogP contribution >= 0.6 is 0 Å². The Balaban J connectivity index is 2.16. The van der Waals surface area contributed by atoms with E-state index in [0.717, 1.165) is 19.3 Å². The second-order valence-corrected chi connectivity index (χ2v) is 4.05. The lowest BCUT2D eigenvalue weighted by Gasteiger charge is -2.10. The predicted molar refractivity (Wildman–Crippen MR) is 52.5 cm³/mol. The smallest absolute Gasteiger partial charge is 0.136 e. The fourth-order valence-corrected chi connectivity index (χ4v) is 1.96. The van der Waals surface area contributed by atoms with Crippen LogP contribution in [0.3, 0.4) is 0 Å². The van der Waals surface area contributed by atoms with E-state index < -0.39 is 0 Å². The van der Waals surface area contributed by atoms with Crippen LogP contribution in [0.5, 0.6) is 0 Å². The molecular weight excluding hydrogens is 164 g/mol. The van der Waals surface area contributed by atoms with E-state index in [9.17, 15) is 9.90 Å². The van der Waals surface area contributed by atoms with Gasteiger partial charge in [0.25, 0.3) is 0 Å². The van der Waals surface area contributed by atoms with Gasteiger partial charge in [0.1, 0.15) is 5.78 Å². The minimum Gasteiger partial charge on any atom is -0.393 e. The summed E-state index contributed by atoms with van der Waals surface area (Å²) in [5.41, 5.74) is 0. The molecule has 0 aliphatic heterocycles. The molecular formula is C11H20O2. The SMILES string of the molecule is CCC(O)CCC(=O)C1CCCC1. The highest BCUT2D eigenvalue weighted by Crippen LogP contribution is 2.26. The minimum atomic E-state index is -0.273. The normalized spacial score (nSPS) is 20.5. The maximum Gasteiger partial charge on any atom is 0.136 e. The van der Waals surface area contributed by atoms with Crippen molar-refractivity contribution in [2.75, 3.05) is 0 Å². The second kappa shape index (κ2) is 5.38. The molecule has 76 valence electrons. The standard InChI is InChI=1S/C11H20O2/c1-2-10(12)7-8-11(13)9-5-3-4-6-9/h9-10,12H,2-8H2,1H3. The Morgan fingerprint density at radius 3 is 2.62 bits per heavy atom. The first kappa shape index (κ1) is 10.7. The van der Waals surface area contributed by atoms with Crippen molar-refractivity contribution in [2.24, 2.45) is 5.92 Å². The maximum atomic E-state index is 11.6. The topological polar surface area (TPSA) is 37.3 Å². The molecule has 1 unspecified atom stereocenters. The molecule has 0 spiro atoms. The zero-order chi connectivity index (χ0) is 9.68. The lowest BCUT2D eigenvalue weighted by atomic mass is 9.97. The van der Waals surface area contributed by atoms with Gasteiger partial charge in [-0.2, -0.15) is 0 Å². The maximum absolute atomic E-state index is 11.6. The molecule has 0 heterocycles. The molecule has 0 radical (unpaired) electrons. The van der Waals surface area contributed by atoms with Crippen molar-refractivity contribution in [1.82, 2.24) is 0 Å². The average Bonchev–Trinajstić information content (AvgIpc) is 2.66. The van der Waals surface area contributed by atoms with Gasteiger partial charge in [-0.15, -0.1) is 0 Å². The van der Waals surface area contributed by atoms with Crippen LogP contribution in [0.15, 0.2) is 0 Å². The molecule has 1 fully saturated rings. The molecule has 1 atom stereocenters. The van der Waals surface area contributed by atoms with Crippen molar-refractivity contribution >= 4 is 5.78 Å². The van der Waals surface area contributed by atoms with E-state index in [0.29, 0.717) is 24.5 Å². The third-order valence-electron chi connectivity index (χ3n) is 3.01. The molecule has 1 N–H and O–H groups in total. The van der Waals surface area contributed by atoms with E-state index in [1.807, 2.05) is 6.92 Å². The molecule has 0 amide bonds. The number of rotatable bonds is 5. The van der Waals surface area contributed by atoms with E-state index in [4.69, 9.17) is 0 Å². The zero-order valence-corrected chi connectivity index (χ0v) is 8.46. The van der Waals surface area contributed by atoms with Gasteiger partial charge in [-0.05, 0) is 25.7 Å². The summed E-state index contributed by atoms with van der Waals surface area (Å²) in [6.45, 7) is 1.95. The molecule has 0 bridgehead atoms. The molecule has 1 saturated carbocycles. The Bertz CT molecular complexity index is 159.